The van der Waals surface area contributed by atoms with Crippen LogP contribution in [0, 0.1) is 5.92 Å². The van der Waals surface area contributed by atoms with Gasteiger partial charge in [0.15, 0.2) is 0 Å². The third-order valence-electron chi connectivity index (χ3n) is 2.76. The Bertz CT molecular complexity index is 504. The maximum Gasteiger partial charge on any atom is 0.311 e. The van der Waals surface area contributed by atoms with E-state index < -0.39 is 23.8 Å². The number of H-pyrrole nitrogens is 1. The number of ether oxygens (including phenoxy) is 1. The number of amides is 1. The number of hydrogen-bond donors (Lipinski definition) is 3. The molecule has 3 N–H and O–H groups in total. The highest BCUT2D eigenvalue weighted by Crippen LogP contribution is 2.14. The molecule has 2 rings (SSSR count). The van der Waals surface area contributed by atoms with Crippen LogP contribution in [-0.4, -0.2) is 41.2 Å². The van der Waals surface area contributed by atoms with Gasteiger partial charge in [0.2, 0.25) is 5.56 Å². The summed E-state index contributed by atoms with van der Waals surface area (Å²) in [4.78, 5) is 35.9. The van der Waals surface area contributed by atoms with E-state index in [0.29, 0.717) is 0 Å². The van der Waals surface area contributed by atoms with Crippen molar-refractivity contribution < 1.29 is 19.4 Å². The van der Waals surface area contributed by atoms with Gasteiger partial charge in [-0.25, -0.2) is 0 Å². The van der Waals surface area contributed by atoms with Gasteiger partial charge in [0.1, 0.15) is 5.92 Å². The fraction of sp³-hybridized carbons (Fsp3) is 0.364. The van der Waals surface area contributed by atoms with Gasteiger partial charge >= 0.3 is 5.97 Å². The van der Waals surface area contributed by atoms with Gasteiger partial charge in [0.25, 0.3) is 5.91 Å². The molecule has 0 saturated carbocycles. The minimum Gasteiger partial charge on any atom is -0.481 e. The van der Waals surface area contributed by atoms with Crippen LogP contribution in [0.2, 0.25) is 0 Å². The normalized spacial score (nSPS) is 22.7. The summed E-state index contributed by atoms with van der Waals surface area (Å²) >= 11 is 0. The minimum atomic E-state index is -1.00. The van der Waals surface area contributed by atoms with Crippen molar-refractivity contribution in [2.45, 2.75) is 6.04 Å². The molecule has 2 heterocycles. The first-order valence-corrected chi connectivity index (χ1v) is 5.38. The van der Waals surface area contributed by atoms with E-state index in [4.69, 9.17) is 9.84 Å². The molecule has 0 radical (unpaired) electrons. The standard InChI is InChI=1S/C11H12N2O5/c14-9-2-1-6(3-12-9)10(15)13-8-5-18-4-7(8)11(16)17/h1-3,7-8H,4-5H2,(H,12,14)(H,13,15)(H,16,17). The third-order valence-corrected chi connectivity index (χ3v) is 2.76. The molecule has 1 aromatic heterocycles. The summed E-state index contributed by atoms with van der Waals surface area (Å²) in [6.07, 6.45) is 1.28. The first-order valence-electron chi connectivity index (χ1n) is 5.38. The van der Waals surface area contributed by atoms with Gasteiger partial charge in [0.05, 0.1) is 24.8 Å². The molecule has 0 spiro atoms. The number of carboxylic acids is 1. The zero-order chi connectivity index (χ0) is 13.1. The van der Waals surface area contributed by atoms with Crippen molar-refractivity contribution in [1.82, 2.24) is 10.3 Å². The number of aromatic nitrogens is 1. The molecule has 1 fully saturated rings. The highest BCUT2D eigenvalue weighted by molar-refractivity contribution is 5.94. The molecule has 0 bridgehead atoms. The molecular weight excluding hydrogens is 240 g/mol. The van der Waals surface area contributed by atoms with Crippen molar-refractivity contribution in [1.29, 1.82) is 0 Å². The zero-order valence-electron chi connectivity index (χ0n) is 9.38. The maximum absolute atomic E-state index is 11.8. The van der Waals surface area contributed by atoms with Gasteiger partial charge in [0, 0.05) is 12.3 Å². The average molecular weight is 252 g/mol. The molecule has 1 aromatic rings. The first-order chi connectivity index (χ1) is 8.58. The van der Waals surface area contributed by atoms with Crippen molar-refractivity contribution >= 4 is 11.9 Å². The van der Waals surface area contributed by atoms with E-state index >= 15 is 0 Å². The number of aromatic amines is 1. The van der Waals surface area contributed by atoms with Crippen LogP contribution in [0.5, 0.6) is 0 Å². The average Bonchev–Trinajstić information content (AvgIpc) is 2.78. The number of carboxylic acid groups (broad SMARTS) is 1. The molecule has 7 heteroatoms. The van der Waals surface area contributed by atoms with Crippen LogP contribution >= 0.6 is 0 Å². The quantitative estimate of drug-likeness (QED) is 0.653. The Hall–Kier alpha value is -2.15. The van der Waals surface area contributed by atoms with Crippen molar-refractivity contribution in [3.8, 4) is 0 Å². The van der Waals surface area contributed by atoms with Crippen molar-refractivity contribution in [3.63, 3.8) is 0 Å². The first kappa shape index (κ1) is 12.3. The Morgan fingerprint density at radius 1 is 1.39 bits per heavy atom. The molecule has 7 nitrogen and oxygen atoms in total. The molecule has 0 aliphatic carbocycles. The van der Waals surface area contributed by atoms with Crippen molar-refractivity contribution in [2.75, 3.05) is 13.2 Å². The van der Waals surface area contributed by atoms with Gasteiger partial charge < -0.3 is 20.1 Å². The van der Waals surface area contributed by atoms with Gasteiger partial charge in [-0.15, -0.1) is 0 Å². The van der Waals surface area contributed by atoms with Gasteiger partial charge in [-0.05, 0) is 6.07 Å². The Morgan fingerprint density at radius 2 is 2.17 bits per heavy atom. The zero-order valence-corrected chi connectivity index (χ0v) is 9.38. The Morgan fingerprint density at radius 3 is 2.78 bits per heavy atom. The largest absolute Gasteiger partial charge is 0.481 e. The summed E-state index contributed by atoms with van der Waals surface area (Å²) in [6.45, 7) is 0.262. The number of carbonyl (C=O) groups excluding carboxylic acids is 1. The van der Waals surface area contributed by atoms with E-state index in [1.807, 2.05) is 0 Å². The molecule has 1 aliphatic rings. The minimum absolute atomic E-state index is 0.0892. The number of hydrogen-bond acceptors (Lipinski definition) is 4. The van der Waals surface area contributed by atoms with E-state index in [1.165, 1.54) is 18.3 Å². The summed E-state index contributed by atoms with van der Waals surface area (Å²) < 4.78 is 5.03. The monoisotopic (exact) mass is 252 g/mol. The Kier molecular flexibility index (Phi) is 3.42. The molecule has 96 valence electrons. The molecule has 2 atom stereocenters. The highest BCUT2D eigenvalue weighted by atomic mass is 16.5. The van der Waals surface area contributed by atoms with Crippen molar-refractivity contribution in [2.24, 2.45) is 5.92 Å². The van der Waals surface area contributed by atoms with Crippen LogP contribution < -0.4 is 10.9 Å². The predicted octanol–water partition coefficient (Wildman–Crippen LogP) is -0.796. The van der Waals surface area contributed by atoms with Gasteiger partial charge in [-0.1, -0.05) is 0 Å². The van der Waals surface area contributed by atoms with Crippen molar-refractivity contribution in [3.05, 3.63) is 34.2 Å². The predicted molar refractivity (Wildman–Crippen MR) is 60.3 cm³/mol. The van der Waals surface area contributed by atoms with Crippen LogP contribution in [0.25, 0.3) is 0 Å². The molecule has 1 saturated heterocycles. The second kappa shape index (κ2) is 5.01. The summed E-state index contributed by atoms with van der Waals surface area (Å²) in [7, 11) is 0. The lowest BCUT2D eigenvalue weighted by molar-refractivity contribution is -0.142. The van der Waals surface area contributed by atoms with Crippen LogP contribution in [0.3, 0.4) is 0 Å². The smallest absolute Gasteiger partial charge is 0.311 e. The number of aliphatic carboxylic acids is 1. The summed E-state index contributed by atoms with van der Waals surface area (Å²) in [5.41, 5.74) is -0.0372. The SMILES string of the molecule is O=C(NC1COCC1C(=O)O)c1ccc(=O)[nH]c1. The van der Waals surface area contributed by atoms with Crippen LogP contribution in [-0.2, 0) is 9.53 Å². The molecule has 0 aromatic carbocycles. The number of pyridine rings is 1. The molecular formula is C11H12N2O5. The van der Waals surface area contributed by atoms with E-state index in [1.54, 1.807) is 0 Å². The van der Waals surface area contributed by atoms with Crippen LogP contribution in [0.1, 0.15) is 10.4 Å². The Balaban J connectivity index is 2.05. The molecule has 18 heavy (non-hydrogen) atoms. The lowest BCUT2D eigenvalue weighted by Gasteiger charge is -2.15. The summed E-state index contributed by atoms with van der Waals surface area (Å²) in [5, 5.41) is 11.5. The Labute approximate surface area is 102 Å². The lowest BCUT2D eigenvalue weighted by Crippen LogP contribution is -2.42. The lowest BCUT2D eigenvalue weighted by atomic mass is 10.0. The summed E-state index contributed by atoms with van der Waals surface area (Å²) in [6, 6.07) is 2.05. The summed E-state index contributed by atoms with van der Waals surface area (Å²) in [5.74, 6) is -2.18. The van der Waals surface area contributed by atoms with E-state index in [2.05, 4.69) is 10.3 Å². The van der Waals surface area contributed by atoms with Gasteiger partial charge in [-0.3, -0.25) is 14.4 Å². The topological polar surface area (TPSA) is 108 Å². The van der Waals surface area contributed by atoms with E-state index in [-0.39, 0.29) is 24.3 Å². The van der Waals surface area contributed by atoms with E-state index in [0.717, 1.165) is 0 Å². The fourth-order valence-electron chi connectivity index (χ4n) is 1.74. The van der Waals surface area contributed by atoms with Crippen LogP contribution in [0.15, 0.2) is 23.1 Å². The molecule has 1 aliphatic heterocycles. The van der Waals surface area contributed by atoms with Gasteiger partial charge in [-0.2, -0.15) is 0 Å². The number of carbonyl (C=O) groups is 2. The third kappa shape index (κ3) is 2.57. The second-order valence-electron chi connectivity index (χ2n) is 4.00. The maximum atomic E-state index is 11.8. The van der Waals surface area contributed by atoms with E-state index in [9.17, 15) is 14.4 Å². The number of rotatable bonds is 3. The molecule has 2 unspecified atom stereocenters. The van der Waals surface area contributed by atoms with Crippen LogP contribution in [0.4, 0.5) is 0 Å². The number of nitrogens with one attached hydrogen (secondary N) is 2. The second-order valence-corrected chi connectivity index (χ2v) is 4.00. The fourth-order valence-corrected chi connectivity index (χ4v) is 1.74. The molecule has 1 amide bonds. The highest BCUT2D eigenvalue weighted by Gasteiger charge is 2.35.